The highest BCUT2D eigenvalue weighted by atomic mass is 16.7. The van der Waals surface area contributed by atoms with E-state index in [1.807, 2.05) is 6.07 Å². The Morgan fingerprint density at radius 3 is 2.55 bits per heavy atom. The van der Waals surface area contributed by atoms with Gasteiger partial charge in [-0.1, -0.05) is 18.2 Å². The Balaban J connectivity index is 1.99. The van der Waals surface area contributed by atoms with Crippen LogP contribution < -0.4 is 4.74 Å². The van der Waals surface area contributed by atoms with Crippen LogP contribution in [0.3, 0.4) is 0 Å². The maximum Gasteiger partial charge on any atom is 0.343 e. The van der Waals surface area contributed by atoms with E-state index < -0.39 is 11.6 Å². The molecule has 1 aromatic rings. The fraction of sp³-hybridized carbons (Fsp3) is 0.438. The van der Waals surface area contributed by atoms with E-state index in [0.717, 1.165) is 0 Å². The average Bonchev–Trinajstić information content (AvgIpc) is 2.78. The Labute approximate surface area is 128 Å². The molecule has 6 heteroatoms. The summed E-state index contributed by atoms with van der Waals surface area (Å²) in [6, 6.07) is 7.10. The van der Waals surface area contributed by atoms with Crippen molar-refractivity contribution in [2.24, 2.45) is 0 Å². The van der Waals surface area contributed by atoms with Crippen molar-refractivity contribution in [3.63, 3.8) is 0 Å². The largest absolute Gasteiger partial charge is 0.507 e. The molecule has 6 nitrogen and oxygen atoms in total. The second kappa shape index (κ2) is 5.62. The molecule has 0 aromatic heterocycles. The van der Waals surface area contributed by atoms with Crippen LogP contribution in [0.1, 0.15) is 18.4 Å². The number of aliphatic hydroxyl groups is 1. The Bertz CT molecular complexity index is 617. The zero-order valence-corrected chi connectivity index (χ0v) is 12.7. The molecule has 1 fully saturated rings. The summed E-state index contributed by atoms with van der Waals surface area (Å²) in [5, 5.41) is 12.5. The zero-order chi connectivity index (χ0) is 15.7. The molecule has 0 unspecified atom stereocenters. The fourth-order valence-corrected chi connectivity index (χ4v) is 3.06. The first-order valence-electron chi connectivity index (χ1n) is 7.21. The summed E-state index contributed by atoms with van der Waals surface area (Å²) in [5.74, 6) is 0.0259. The van der Waals surface area contributed by atoms with Crippen molar-refractivity contribution in [2.45, 2.75) is 18.4 Å². The number of esters is 1. The summed E-state index contributed by atoms with van der Waals surface area (Å²) in [6.45, 7) is 1.18. The van der Waals surface area contributed by atoms with Crippen LogP contribution in [0.5, 0.6) is 5.75 Å². The molecule has 0 radical (unpaired) electrons. The highest BCUT2D eigenvalue weighted by Crippen LogP contribution is 2.44. The van der Waals surface area contributed by atoms with Gasteiger partial charge in [0.1, 0.15) is 11.3 Å². The van der Waals surface area contributed by atoms with Crippen molar-refractivity contribution >= 4 is 11.5 Å². The molecule has 0 aliphatic carbocycles. The van der Waals surface area contributed by atoms with Gasteiger partial charge in [0.05, 0.1) is 14.2 Å². The van der Waals surface area contributed by atoms with Crippen LogP contribution in [0.2, 0.25) is 0 Å². The molecule has 2 heterocycles. The summed E-state index contributed by atoms with van der Waals surface area (Å²) in [5.41, 5.74) is -0.190. The van der Waals surface area contributed by atoms with Gasteiger partial charge in [-0.15, -0.1) is 0 Å². The fourth-order valence-electron chi connectivity index (χ4n) is 3.06. The molecule has 0 bridgehead atoms. The lowest BCUT2D eigenvalue weighted by Gasteiger charge is -2.36. The van der Waals surface area contributed by atoms with Gasteiger partial charge in [0.25, 0.3) is 0 Å². The number of carbonyl (C=O) groups is 1. The number of para-hydroxylation sites is 1. The van der Waals surface area contributed by atoms with Crippen LogP contribution in [0.15, 0.2) is 30.0 Å². The second-order valence-electron chi connectivity index (χ2n) is 5.42. The molecule has 3 rings (SSSR count). The second-order valence-corrected chi connectivity index (χ2v) is 5.42. The quantitative estimate of drug-likeness (QED) is 0.861. The summed E-state index contributed by atoms with van der Waals surface area (Å²) in [4.78, 5) is 17.5. The number of hydrogen-bond acceptors (Lipinski definition) is 6. The van der Waals surface area contributed by atoms with Crippen molar-refractivity contribution in [3.8, 4) is 5.75 Å². The molecule has 118 valence electrons. The van der Waals surface area contributed by atoms with Crippen LogP contribution in [-0.2, 0) is 14.4 Å². The minimum Gasteiger partial charge on any atom is -0.507 e. The van der Waals surface area contributed by atoms with E-state index in [-0.39, 0.29) is 11.3 Å². The molecule has 0 atom stereocenters. The smallest absolute Gasteiger partial charge is 0.343 e. The number of carbonyl (C=O) groups excluding carboxylic acids is 1. The van der Waals surface area contributed by atoms with Gasteiger partial charge in [0.2, 0.25) is 0 Å². The third-order valence-electron chi connectivity index (χ3n) is 4.33. The lowest BCUT2D eigenvalue weighted by Crippen LogP contribution is -2.45. The summed E-state index contributed by atoms with van der Waals surface area (Å²) >= 11 is 0. The van der Waals surface area contributed by atoms with Crippen molar-refractivity contribution < 1.29 is 24.2 Å². The third kappa shape index (κ3) is 2.24. The highest BCUT2D eigenvalue weighted by Gasteiger charge is 2.50. The SMILES string of the molecule is COc1ccccc1C1=C(O)C2(CCN(OC)CC2)OC1=O. The van der Waals surface area contributed by atoms with Gasteiger partial charge in [0.15, 0.2) is 11.4 Å². The molecular weight excluding hydrogens is 286 g/mol. The number of methoxy groups -OCH3 is 1. The van der Waals surface area contributed by atoms with Crippen LogP contribution in [0.4, 0.5) is 0 Å². The molecule has 1 spiro atoms. The highest BCUT2D eigenvalue weighted by molar-refractivity contribution is 6.20. The van der Waals surface area contributed by atoms with Gasteiger partial charge in [-0.3, -0.25) is 0 Å². The molecule has 0 saturated carbocycles. The van der Waals surface area contributed by atoms with Crippen LogP contribution >= 0.6 is 0 Å². The summed E-state index contributed by atoms with van der Waals surface area (Å²) in [7, 11) is 3.14. The minimum atomic E-state index is -0.942. The van der Waals surface area contributed by atoms with Gasteiger partial charge < -0.3 is 19.4 Å². The molecule has 0 amide bonds. The summed E-state index contributed by atoms with van der Waals surface area (Å²) in [6.07, 6.45) is 0.994. The monoisotopic (exact) mass is 305 g/mol. The number of ether oxygens (including phenoxy) is 2. The first-order valence-corrected chi connectivity index (χ1v) is 7.21. The summed E-state index contributed by atoms with van der Waals surface area (Å²) < 4.78 is 10.8. The number of hydrogen-bond donors (Lipinski definition) is 1. The zero-order valence-electron chi connectivity index (χ0n) is 12.7. The van der Waals surface area contributed by atoms with Gasteiger partial charge >= 0.3 is 5.97 Å². The van der Waals surface area contributed by atoms with E-state index in [9.17, 15) is 9.90 Å². The Hall–Kier alpha value is -2.05. The van der Waals surface area contributed by atoms with Crippen molar-refractivity contribution in [3.05, 3.63) is 35.6 Å². The predicted octanol–water partition coefficient (Wildman–Crippen LogP) is 1.92. The number of benzene rings is 1. The topological polar surface area (TPSA) is 68.2 Å². The maximum atomic E-state index is 12.3. The van der Waals surface area contributed by atoms with E-state index in [1.165, 1.54) is 7.11 Å². The molecule has 2 aliphatic rings. The maximum absolute atomic E-state index is 12.3. The standard InChI is InChI=1S/C16H19NO5/c1-20-12-6-4-3-5-11(12)13-14(18)16(22-15(13)19)7-9-17(21-2)10-8-16/h3-6,18H,7-10H2,1-2H3. The Kier molecular flexibility index (Phi) is 3.80. The predicted molar refractivity (Wildman–Crippen MR) is 79.2 cm³/mol. The molecule has 1 aromatic carbocycles. The van der Waals surface area contributed by atoms with E-state index in [1.54, 1.807) is 30.4 Å². The normalized spacial score (nSPS) is 21.3. The molecular formula is C16H19NO5. The van der Waals surface area contributed by atoms with Gasteiger partial charge in [-0.2, -0.15) is 5.06 Å². The van der Waals surface area contributed by atoms with Crippen molar-refractivity contribution in [1.82, 2.24) is 5.06 Å². The van der Waals surface area contributed by atoms with Crippen LogP contribution in [-0.4, -0.2) is 49.0 Å². The van der Waals surface area contributed by atoms with E-state index in [4.69, 9.17) is 14.3 Å². The molecule has 1 N–H and O–H groups in total. The van der Waals surface area contributed by atoms with Crippen molar-refractivity contribution in [1.29, 1.82) is 0 Å². The lowest BCUT2D eigenvalue weighted by atomic mass is 9.88. The first kappa shape index (κ1) is 14.9. The molecule has 1 saturated heterocycles. The van der Waals surface area contributed by atoms with Gasteiger partial charge in [-0.05, 0) is 6.07 Å². The molecule has 2 aliphatic heterocycles. The minimum absolute atomic E-state index is 0.00208. The third-order valence-corrected chi connectivity index (χ3v) is 4.33. The van der Waals surface area contributed by atoms with Gasteiger partial charge in [0, 0.05) is 31.5 Å². The van der Waals surface area contributed by atoms with E-state index in [2.05, 4.69) is 0 Å². The van der Waals surface area contributed by atoms with Crippen molar-refractivity contribution in [2.75, 3.05) is 27.3 Å². The average molecular weight is 305 g/mol. The Morgan fingerprint density at radius 2 is 1.91 bits per heavy atom. The van der Waals surface area contributed by atoms with E-state index >= 15 is 0 Å². The van der Waals surface area contributed by atoms with Gasteiger partial charge in [-0.25, -0.2) is 4.79 Å². The number of hydroxylamine groups is 2. The lowest BCUT2D eigenvalue weighted by molar-refractivity contribution is -0.182. The number of rotatable bonds is 3. The Morgan fingerprint density at radius 1 is 1.23 bits per heavy atom. The number of nitrogens with zero attached hydrogens (tertiary/aromatic N) is 1. The van der Waals surface area contributed by atoms with E-state index in [0.29, 0.717) is 37.2 Å². The number of aliphatic hydroxyl groups excluding tert-OH is 1. The number of piperidine rings is 1. The first-order chi connectivity index (χ1) is 10.6. The van der Waals surface area contributed by atoms with Crippen LogP contribution in [0, 0.1) is 0 Å². The van der Waals surface area contributed by atoms with Crippen LogP contribution in [0.25, 0.3) is 5.57 Å². The molecule has 22 heavy (non-hydrogen) atoms.